The number of hydrogen-bond acceptors (Lipinski definition) is 3. The zero-order valence-corrected chi connectivity index (χ0v) is 9.90. The minimum absolute atomic E-state index is 0.0306. The van der Waals surface area contributed by atoms with Crippen LogP contribution in [0, 0.1) is 5.92 Å². The standard InChI is InChI=1S/C11H20N2O3/c1-3-13(4-2)9(14)7-12-10(11(15)16)8-5-6-8/h8,10,12H,3-7H2,1-2H3,(H,15,16). The fourth-order valence-corrected chi connectivity index (χ4v) is 1.77. The molecule has 0 aromatic heterocycles. The number of likely N-dealkylation sites (N-methyl/N-ethyl adjacent to an activating group) is 1. The summed E-state index contributed by atoms with van der Waals surface area (Å²) in [6, 6.07) is -0.556. The zero-order valence-electron chi connectivity index (χ0n) is 9.90. The van der Waals surface area contributed by atoms with Crippen LogP contribution in [0.15, 0.2) is 0 Å². The molecule has 0 spiro atoms. The third-order valence-corrected chi connectivity index (χ3v) is 2.95. The average Bonchev–Trinajstić information content (AvgIpc) is 3.03. The number of nitrogens with one attached hydrogen (secondary N) is 1. The Morgan fingerprint density at radius 1 is 1.38 bits per heavy atom. The van der Waals surface area contributed by atoms with Crippen LogP contribution in [0.1, 0.15) is 26.7 Å². The van der Waals surface area contributed by atoms with Gasteiger partial charge in [0.25, 0.3) is 0 Å². The maximum atomic E-state index is 11.6. The molecule has 0 bridgehead atoms. The van der Waals surface area contributed by atoms with Gasteiger partial charge in [0.1, 0.15) is 6.04 Å². The summed E-state index contributed by atoms with van der Waals surface area (Å²) in [5.41, 5.74) is 0. The third-order valence-electron chi connectivity index (χ3n) is 2.95. The van der Waals surface area contributed by atoms with Gasteiger partial charge >= 0.3 is 5.97 Å². The highest BCUT2D eigenvalue weighted by molar-refractivity contribution is 5.80. The van der Waals surface area contributed by atoms with Crippen molar-refractivity contribution in [1.29, 1.82) is 0 Å². The van der Waals surface area contributed by atoms with Crippen molar-refractivity contribution in [2.24, 2.45) is 5.92 Å². The van der Waals surface area contributed by atoms with Crippen molar-refractivity contribution in [2.75, 3.05) is 19.6 Å². The molecular weight excluding hydrogens is 208 g/mol. The first-order valence-corrected chi connectivity index (χ1v) is 5.84. The van der Waals surface area contributed by atoms with Gasteiger partial charge in [-0.3, -0.25) is 14.9 Å². The molecule has 16 heavy (non-hydrogen) atoms. The highest BCUT2D eigenvalue weighted by Gasteiger charge is 2.36. The molecule has 1 fully saturated rings. The molecule has 1 saturated carbocycles. The van der Waals surface area contributed by atoms with E-state index in [0.29, 0.717) is 13.1 Å². The summed E-state index contributed by atoms with van der Waals surface area (Å²) in [4.78, 5) is 24.3. The fraction of sp³-hybridized carbons (Fsp3) is 0.818. The predicted octanol–water partition coefficient (Wildman–Crippen LogP) is 0.308. The molecule has 1 rings (SSSR count). The number of rotatable bonds is 7. The minimum atomic E-state index is -0.852. The molecule has 0 aromatic carbocycles. The van der Waals surface area contributed by atoms with E-state index in [1.807, 2.05) is 13.8 Å². The Bertz CT molecular complexity index is 260. The van der Waals surface area contributed by atoms with Gasteiger partial charge in [0, 0.05) is 13.1 Å². The summed E-state index contributed by atoms with van der Waals surface area (Å²) in [5.74, 6) is -0.672. The van der Waals surface area contributed by atoms with Gasteiger partial charge in [0.2, 0.25) is 5.91 Å². The third kappa shape index (κ3) is 3.48. The molecule has 1 aliphatic carbocycles. The van der Waals surface area contributed by atoms with E-state index in [4.69, 9.17) is 5.11 Å². The number of nitrogens with zero attached hydrogens (tertiary/aromatic N) is 1. The second-order valence-corrected chi connectivity index (χ2v) is 4.10. The first-order chi connectivity index (χ1) is 7.60. The molecule has 0 saturated heterocycles. The first kappa shape index (κ1) is 13.0. The quantitative estimate of drug-likeness (QED) is 0.658. The van der Waals surface area contributed by atoms with Crippen LogP contribution in [0.25, 0.3) is 0 Å². The molecule has 0 radical (unpaired) electrons. The zero-order chi connectivity index (χ0) is 12.1. The molecular formula is C11H20N2O3. The van der Waals surface area contributed by atoms with Crippen molar-refractivity contribution in [2.45, 2.75) is 32.7 Å². The van der Waals surface area contributed by atoms with Gasteiger partial charge in [-0.1, -0.05) is 0 Å². The summed E-state index contributed by atoms with van der Waals surface area (Å²) >= 11 is 0. The van der Waals surface area contributed by atoms with Crippen molar-refractivity contribution in [3.63, 3.8) is 0 Å². The minimum Gasteiger partial charge on any atom is -0.480 e. The summed E-state index contributed by atoms with van der Waals surface area (Å²) < 4.78 is 0. The molecule has 0 aromatic rings. The Morgan fingerprint density at radius 2 is 1.94 bits per heavy atom. The topological polar surface area (TPSA) is 69.6 Å². The van der Waals surface area contributed by atoms with Gasteiger partial charge in [-0.2, -0.15) is 0 Å². The number of hydrogen-bond donors (Lipinski definition) is 2. The van der Waals surface area contributed by atoms with Crippen LogP contribution in [0.2, 0.25) is 0 Å². The lowest BCUT2D eigenvalue weighted by atomic mass is 10.2. The Labute approximate surface area is 95.8 Å². The lowest BCUT2D eigenvalue weighted by Crippen LogP contribution is -2.45. The number of carbonyl (C=O) groups is 2. The van der Waals surface area contributed by atoms with Crippen LogP contribution < -0.4 is 5.32 Å². The molecule has 5 heteroatoms. The molecule has 2 N–H and O–H groups in total. The number of carboxylic acids is 1. The second kappa shape index (κ2) is 5.84. The van der Waals surface area contributed by atoms with Gasteiger partial charge in [-0.25, -0.2) is 0 Å². The van der Waals surface area contributed by atoms with Gasteiger partial charge in [0.05, 0.1) is 6.54 Å². The smallest absolute Gasteiger partial charge is 0.320 e. The van der Waals surface area contributed by atoms with E-state index >= 15 is 0 Å². The monoisotopic (exact) mass is 228 g/mol. The molecule has 1 amide bonds. The second-order valence-electron chi connectivity index (χ2n) is 4.10. The largest absolute Gasteiger partial charge is 0.480 e. The summed E-state index contributed by atoms with van der Waals surface area (Å²) in [6.07, 6.45) is 1.90. The van der Waals surface area contributed by atoms with Gasteiger partial charge in [-0.15, -0.1) is 0 Å². The summed E-state index contributed by atoms with van der Waals surface area (Å²) in [5, 5.41) is 11.8. The first-order valence-electron chi connectivity index (χ1n) is 5.84. The molecule has 92 valence electrons. The Kier molecular flexibility index (Phi) is 4.73. The molecule has 5 nitrogen and oxygen atoms in total. The van der Waals surface area contributed by atoms with E-state index < -0.39 is 12.0 Å². The Balaban J connectivity index is 2.36. The van der Waals surface area contributed by atoms with E-state index in [-0.39, 0.29) is 18.4 Å². The van der Waals surface area contributed by atoms with E-state index in [0.717, 1.165) is 12.8 Å². The van der Waals surface area contributed by atoms with Gasteiger partial charge < -0.3 is 10.0 Å². The highest BCUT2D eigenvalue weighted by Crippen LogP contribution is 2.32. The number of carboxylic acid groups (broad SMARTS) is 1. The molecule has 1 unspecified atom stereocenters. The predicted molar refractivity (Wildman–Crippen MR) is 60.1 cm³/mol. The van der Waals surface area contributed by atoms with E-state index in [9.17, 15) is 9.59 Å². The SMILES string of the molecule is CCN(CC)C(=O)CNC(C(=O)O)C1CC1. The molecule has 0 aliphatic heterocycles. The lowest BCUT2D eigenvalue weighted by molar-refractivity contribution is -0.140. The van der Waals surface area contributed by atoms with Crippen molar-refractivity contribution in [1.82, 2.24) is 10.2 Å². The van der Waals surface area contributed by atoms with Crippen LogP contribution in [-0.2, 0) is 9.59 Å². The van der Waals surface area contributed by atoms with Crippen molar-refractivity contribution in [3.8, 4) is 0 Å². The fourth-order valence-electron chi connectivity index (χ4n) is 1.77. The van der Waals surface area contributed by atoms with Crippen molar-refractivity contribution in [3.05, 3.63) is 0 Å². The molecule has 0 heterocycles. The van der Waals surface area contributed by atoms with Crippen molar-refractivity contribution >= 4 is 11.9 Å². The van der Waals surface area contributed by atoms with E-state index in [1.54, 1.807) is 4.90 Å². The van der Waals surface area contributed by atoms with Crippen molar-refractivity contribution < 1.29 is 14.7 Å². The maximum Gasteiger partial charge on any atom is 0.320 e. The maximum absolute atomic E-state index is 11.6. The number of amides is 1. The van der Waals surface area contributed by atoms with E-state index in [2.05, 4.69) is 5.32 Å². The van der Waals surface area contributed by atoms with Crippen LogP contribution in [0.4, 0.5) is 0 Å². The molecule has 1 atom stereocenters. The van der Waals surface area contributed by atoms with Gasteiger partial charge in [0.15, 0.2) is 0 Å². The Hall–Kier alpha value is -1.10. The summed E-state index contributed by atoms with van der Waals surface area (Å²) in [6.45, 7) is 5.28. The normalized spacial score (nSPS) is 16.9. The van der Waals surface area contributed by atoms with E-state index in [1.165, 1.54) is 0 Å². The average molecular weight is 228 g/mol. The van der Waals surface area contributed by atoms with Crippen LogP contribution in [-0.4, -0.2) is 47.6 Å². The number of carbonyl (C=O) groups excluding carboxylic acids is 1. The number of aliphatic carboxylic acids is 1. The van der Waals surface area contributed by atoms with Crippen LogP contribution in [0.5, 0.6) is 0 Å². The molecule has 1 aliphatic rings. The summed E-state index contributed by atoms with van der Waals surface area (Å²) in [7, 11) is 0. The highest BCUT2D eigenvalue weighted by atomic mass is 16.4. The van der Waals surface area contributed by atoms with Crippen LogP contribution in [0.3, 0.4) is 0 Å². The van der Waals surface area contributed by atoms with Gasteiger partial charge in [-0.05, 0) is 32.6 Å². The lowest BCUT2D eigenvalue weighted by Gasteiger charge is -2.20. The Morgan fingerprint density at radius 3 is 2.31 bits per heavy atom. The van der Waals surface area contributed by atoms with Crippen LogP contribution >= 0.6 is 0 Å².